The van der Waals surface area contributed by atoms with Crippen molar-refractivity contribution in [3.8, 4) is 0 Å². The number of thiophene rings is 1. The molecule has 4 aromatic rings. The lowest BCUT2D eigenvalue weighted by molar-refractivity contribution is -0.384. The number of fused-ring (bicyclic) bond motifs is 2. The van der Waals surface area contributed by atoms with Gasteiger partial charge in [-0.3, -0.25) is 14.9 Å². The highest BCUT2D eigenvalue weighted by Crippen LogP contribution is 2.29. The van der Waals surface area contributed by atoms with E-state index in [0.29, 0.717) is 10.3 Å². The number of nitrogens with one attached hydrogen (secondary N) is 2. The predicted molar refractivity (Wildman–Crippen MR) is 107 cm³/mol. The largest absolute Gasteiger partial charge is 0.358 e. The summed E-state index contributed by atoms with van der Waals surface area (Å²) in [7, 11) is 0. The second-order valence-corrected chi connectivity index (χ2v) is 7.08. The molecule has 2 heterocycles. The number of hydrogen-bond acceptors (Lipinski definition) is 5. The van der Waals surface area contributed by atoms with Crippen LogP contribution in [-0.2, 0) is 0 Å². The summed E-state index contributed by atoms with van der Waals surface area (Å²) in [5, 5.41) is 16.6. The van der Waals surface area contributed by atoms with Gasteiger partial charge in [-0.05, 0) is 25.1 Å². The molecule has 0 aliphatic heterocycles. The Bertz CT molecular complexity index is 1220. The minimum Gasteiger partial charge on any atom is -0.358 e. The summed E-state index contributed by atoms with van der Waals surface area (Å²) < 4.78 is 0.808. The van der Waals surface area contributed by atoms with Gasteiger partial charge in [-0.15, -0.1) is 11.3 Å². The van der Waals surface area contributed by atoms with Gasteiger partial charge in [0.25, 0.3) is 11.6 Å². The molecule has 0 aliphatic rings. The lowest BCUT2D eigenvalue weighted by atomic mass is 10.1. The monoisotopic (exact) mass is 378 g/mol. The SMILES string of the molecule is Cc1[nH]c2ccccc2c1/C=N\NC(=O)c1cc2cc([N+](=O)[O-])ccc2s1. The Morgan fingerprint density at radius 2 is 2.07 bits per heavy atom. The molecular weight excluding hydrogens is 364 g/mol. The minimum atomic E-state index is -0.454. The van der Waals surface area contributed by atoms with Gasteiger partial charge in [0, 0.05) is 44.4 Å². The molecule has 2 aromatic carbocycles. The highest BCUT2D eigenvalue weighted by Gasteiger charge is 2.13. The Morgan fingerprint density at radius 3 is 2.89 bits per heavy atom. The summed E-state index contributed by atoms with van der Waals surface area (Å²) in [5.74, 6) is -0.354. The van der Waals surface area contributed by atoms with Gasteiger partial charge in [-0.2, -0.15) is 5.10 Å². The highest BCUT2D eigenvalue weighted by molar-refractivity contribution is 7.20. The summed E-state index contributed by atoms with van der Waals surface area (Å²) in [5.41, 5.74) is 5.41. The normalized spacial score (nSPS) is 11.4. The molecule has 7 nitrogen and oxygen atoms in total. The van der Waals surface area contributed by atoms with Gasteiger partial charge in [-0.25, -0.2) is 5.43 Å². The van der Waals surface area contributed by atoms with Crippen LogP contribution >= 0.6 is 11.3 Å². The molecule has 0 unspecified atom stereocenters. The van der Waals surface area contributed by atoms with E-state index in [2.05, 4.69) is 15.5 Å². The number of amides is 1. The average molecular weight is 378 g/mol. The van der Waals surface area contributed by atoms with Crippen LogP contribution in [0.4, 0.5) is 5.69 Å². The van der Waals surface area contributed by atoms with Crippen LogP contribution in [0.5, 0.6) is 0 Å². The third kappa shape index (κ3) is 3.18. The number of aryl methyl sites for hydroxylation is 1. The molecule has 27 heavy (non-hydrogen) atoms. The van der Waals surface area contributed by atoms with Crippen molar-refractivity contribution in [1.82, 2.24) is 10.4 Å². The average Bonchev–Trinajstić information content (AvgIpc) is 3.22. The molecule has 0 bridgehead atoms. The van der Waals surface area contributed by atoms with E-state index in [-0.39, 0.29) is 11.6 Å². The first-order valence-electron chi connectivity index (χ1n) is 8.11. The Balaban J connectivity index is 1.55. The summed E-state index contributed by atoms with van der Waals surface area (Å²) in [6.07, 6.45) is 1.62. The topological polar surface area (TPSA) is 100 Å². The van der Waals surface area contributed by atoms with E-state index in [1.807, 2.05) is 31.2 Å². The van der Waals surface area contributed by atoms with Gasteiger partial charge < -0.3 is 4.98 Å². The molecule has 2 N–H and O–H groups in total. The van der Waals surface area contributed by atoms with Gasteiger partial charge >= 0.3 is 0 Å². The molecule has 1 amide bonds. The number of carbonyl (C=O) groups excluding carboxylic acids is 1. The lowest BCUT2D eigenvalue weighted by Gasteiger charge is -1.96. The zero-order valence-corrected chi connectivity index (χ0v) is 15.0. The number of nitro benzene ring substituents is 1. The second kappa shape index (κ2) is 6.65. The fourth-order valence-electron chi connectivity index (χ4n) is 2.93. The number of hydrogen-bond donors (Lipinski definition) is 2. The van der Waals surface area contributed by atoms with Crippen molar-refractivity contribution >= 4 is 50.1 Å². The molecular formula is C19H14N4O3S. The number of nitrogens with zero attached hydrogens (tertiary/aromatic N) is 2. The van der Waals surface area contributed by atoms with Crippen molar-refractivity contribution in [2.75, 3.05) is 0 Å². The van der Waals surface area contributed by atoms with Crippen LogP contribution in [0.1, 0.15) is 20.9 Å². The molecule has 0 radical (unpaired) electrons. The van der Waals surface area contributed by atoms with Crippen LogP contribution in [0, 0.1) is 17.0 Å². The zero-order valence-electron chi connectivity index (χ0n) is 14.2. The Kier molecular flexibility index (Phi) is 4.17. The number of aromatic amines is 1. The van der Waals surface area contributed by atoms with Crippen LogP contribution in [0.15, 0.2) is 53.6 Å². The Labute approximate surface area is 157 Å². The van der Waals surface area contributed by atoms with Crippen LogP contribution < -0.4 is 5.43 Å². The molecule has 0 saturated heterocycles. The lowest BCUT2D eigenvalue weighted by Crippen LogP contribution is -2.16. The predicted octanol–water partition coefficient (Wildman–Crippen LogP) is 4.36. The molecule has 0 saturated carbocycles. The van der Waals surface area contributed by atoms with Crippen LogP contribution in [0.2, 0.25) is 0 Å². The van der Waals surface area contributed by atoms with E-state index in [0.717, 1.165) is 26.9 Å². The maximum absolute atomic E-state index is 12.4. The Morgan fingerprint density at radius 1 is 1.26 bits per heavy atom. The van der Waals surface area contributed by atoms with Crippen molar-refractivity contribution in [2.24, 2.45) is 5.10 Å². The number of hydrazone groups is 1. The van der Waals surface area contributed by atoms with E-state index in [1.165, 1.54) is 23.5 Å². The maximum atomic E-state index is 12.4. The van der Waals surface area contributed by atoms with Crippen LogP contribution in [0.25, 0.3) is 21.0 Å². The molecule has 134 valence electrons. The van der Waals surface area contributed by atoms with Crippen LogP contribution in [-0.4, -0.2) is 22.0 Å². The number of carbonyl (C=O) groups is 1. The summed E-state index contributed by atoms with van der Waals surface area (Å²) in [6.45, 7) is 1.95. The number of benzene rings is 2. The van der Waals surface area contributed by atoms with Crippen molar-refractivity contribution in [2.45, 2.75) is 6.92 Å². The van der Waals surface area contributed by atoms with E-state index in [9.17, 15) is 14.9 Å². The fraction of sp³-hybridized carbons (Fsp3) is 0.0526. The smallest absolute Gasteiger partial charge is 0.281 e. The first kappa shape index (κ1) is 16.9. The van der Waals surface area contributed by atoms with Gasteiger partial charge in [-0.1, -0.05) is 18.2 Å². The van der Waals surface area contributed by atoms with Crippen molar-refractivity contribution in [1.29, 1.82) is 0 Å². The quantitative estimate of drug-likeness (QED) is 0.313. The van der Waals surface area contributed by atoms with Gasteiger partial charge in [0.05, 0.1) is 16.0 Å². The summed E-state index contributed by atoms with van der Waals surface area (Å²) >= 11 is 1.26. The van der Waals surface area contributed by atoms with Crippen molar-refractivity contribution < 1.29 is 9.72 Å². The van der Waals surface area contributed by atoms with Crippen molar-refractivity contribution in [3.05, 3.63) is 74.8 Å². The number of H-pyrrole nitrogens is 1. The number of rotatable bonds is 4. The van der Waals surface area contributed by atoms with Gasteiger partial charge in [0.2, 0.25) is 0 Å². The highest BCUT2D eigenvalue weighted by atomic mass is 32.1. The summed E-state index contributed by atoms with van der Waals surface area (Å²) in [4.78, 5) is 26.5. The molecule has 4 rings (SSSR count). The standard InChI is InChI=1S/C19H14N4O3S/c1-11-15(14-4-2-3-5-16(14)21-11)10-20-22-19(24)18-9-12-8-13(23(25)26)6-7-17(12)27-18/h2-10,21H,1H3,(H,22,24)/b20-10-. The zero-order chi connectivity index (χ0) is 19.0. The maximum Gasteiger partial charge on any atom is 0.281 e. The molecule has 2 aromatic heterocycles. The second-order valence-electron chi connectivity index (χ2n) is 6.00. The summed E-state index contributed by atoms with van der Waals surface area (Å²) in [6, 6.07) is 14.0. The minimum absolute atomic E-state index is 0.0000834. The van der Waals surface area contributed by atoms with E-state index in [4.69, 9.17) is 0 Å². The molecule has 8 heteroatoms. The van der Waals surface area contributed by atoms with Crippen molar-refractivity contribution in [3.63, 3.8) is 0 Å². The first-order chi connectivity index (χ1) is 13.0. The van der Waals surface area contributed by atoms with E-state index in [1.54, 1.807) is 18.3 Å². The Hall–Kier alpha value is -3.52. The van der Waals surface area contributed by atoms with Crippen LogP contribution in [0.3, 0.4) is 0 Å². The molecule has 0 spiro atoms. The number of non-ortho nitro benzene ring substituents is 1. The number of aromatic nitrogens is 1. The first-order valence-corrected chi connectivity index (χ1v) is 8.93. The fourth-order valence-corrected chi connectivity index (χ4v) is 3.86. The molecule has 0 fully saturated rings. The molecule has 0 atom stereocenters. The number of para-hydroxylation sites is 1. The van der Waals surface area contributed by atoms with Gasteiger partial charge in [0.15, 0.2) is 0 Å². The van der Waals surface area contributed by atoms with Gasteiger partial charge in [0.1, 0.15) is 0 Å². The van der Waals surface area contributed by atoms with E-state index < -0.39 is 4.92 Å². The van der Waals surface area contributed by atoms with E-state index >= 15 is 0 Å². The third-order valence-corrected chi connectivity index (χ3v) is 5.35. The molecule has 0 aliphatic carbocycles. The third-order valence-electron chi connectivity index (χ3n) is 4.24. The number of nitro groups is 1.